The van der Waals surface area contributed by atoms with Crippen LogP contribution in [-0.4, -0.2) is 26.1 Å². The highest BCUT2D eigenvalue weighted by atomic mass is 19.2. The lowest BCUT2D eigenvalue weighted by molar-refractivity contribution is -0.119. The third kappa shape index (κ3) is 3.88. The first-order valence-electron chi connectivity index (χ1n) is 8.62. The number of benzene rings is 2. The number of anilines is 1. The molecule has 0 bridgehead atoms. The lowest BCUT2D eigenvalue weighted by atomic mass is 10.0. The van der Waals surface area contributed by atoms with Crippen LogP contribution < -0.4 is 5.32 Å². The van der Waals surface area contributed by atoms with E-state index < -0.39 is 35.1 Å². The molecule has 28 heavy (non-hydrogen) atoms. The highest BCUT2D eigenvalue weighted by molar-refractivity contribution is 5.93. The van der Waals surface area contributed by atoms with E-state index in [0.29, 0.717) is 11.7 Å². The molecule has 0 saturated heterocycles. The number of hydrogen-bond acceptors (Lipinski definition) is 4. The van der Waals surface area contributed by atoms with Gasteiger partial charge < -0.3 is 5.32 Å². The van der Waals surface area contributed by atoms with Gasteiger partial charge in [0.05, 0.1) is 5.69 Å². The Labute approximate surface area is 159 Å². The van der Waals surface area contributed by atoms with E-state index in [1.165, 1.54) is 6.92 Å². The average Bonchev–Trinajstić information content (AvgIpc) is 3.18. The summed E-state index contributed by atoms with van der Waals surface area (Å²) in [6, 6.07) is 8.35. The van der Waals surface area contributed by atoms with Crippen LogP contribution in [0.15, 0.2) is 36.4 Å². The van der Waals surface area contributed by atoms with E-state index in [2.05, 4.69) is 34.6 Å². The molecule has 0 spiro atoms. The molecule has 0 aliphatic heterocycles. The van der Waals surface area contributed by atoms with Crippen molar-refractivity contribution >= 4 is 11.6 Å². The van der Waals surface area contributed by atoms with Crippen molar-refractivity contribution < 1.29 is 18.0 Å². The quantitative estimate of drug-likeness (QED) is 0.668. The van der Waals surface area contributed by atoms with Crippen molar-refractivity contribution in [2.45, 2.75) is 32.7 Å². The number of tetrazole rings is 1. The summed E-state index contributed by atoms with van der Waals surface area (Å²) < 4.78 is 40.0. The van der Waals surface area contributed by atoms with Crippen molar-refractivity contribution in [2.24, 2.45) is 0 Å². The fourth-order valence-electron chi connectivity index (χ4n) is 2.49. The first kappa shape index (κ1) is 19.5. The van der Waals surface area contributed by atoms with Gasteiger partial charge in [-0.05, 0) is 35.8 Å². The zero-order valence-corrected chi connectivity index (χ0v) is 15.4. The largest absolute Gasteiger partial charge is 0.322 e. The summed E-state index contributed by atoms with van der Waals surface area (Å²) in [5.74, 6) is -4.46. The van der Waals surface area contributed by atoms with Gasteiger partial charge >= 0.3 is 0 Å². The highest BCUT2D eigenvalue weighted by Gasteiger charge is 2.22. The molecule has 6 nitrogen and oxygen atoms in total. The number of carbonyl (C=O) groups excluding carboxylic acids is 1. The lowest BCUT2D eigenvalue weighted by Crippen LogP contribution is -2.26. The van der Waals surface area contributed by atoms with E-state index in [1.807, 2.05) is 24.3 Å². The smallest absolute Gasteiger partial charge is 0.250 e. The van der Waals surface area contributed by atoms with Gasteiger partial charge in [0.1, 0.15) is 6.04 Å². The molecule has 0 aliphatic carbocycles. The topological polar surface area (TPSA) is 72.7 Å². The number of nitrogens with zero attached hydrogens (tertiary/aromatic N) is 4. The third-order valence-electron chi connectivity index (χ3n) is 4.28. The van der Waals surface area contributed by atoms with Crippen LogP contribution in [-0.2, 0) is 4.79 Å². The van der Waals surface area contributed by atoms with Crippen LogP contribution in [0.2, 0.25) is 0 Å². The van der Waals surface area contributed by atoms with Gasteiger partial charge in [-0.2, -0.15) is 4.80 Å². The van der Waals surface area contributed by atoms with Crippen molar-refractivity contribution in [2.75, 3.05) is 5.32 Å². The number of amides is 1. The number of hydrogen-bond donors (Lipinski definition) is 1. The SMILES string of the molecule is CC(C)c1ccc(-c2nnn([C@@H](C)C(=O)Nc3ccc(F)c(F)c3F)n2)cc1. The maximum atomic E-state index is 13.7. The van der Waals surface area contributed by atoms with Crippen LogP contribution >= 0.6 is 0 Å². The molecule has 9 heteroatoms. The summed E-state index contributed by atoms with van der Waals surface area (Å²) in [6.45, 7) is 5.64. The normalized spacial score (nSPS) is 12.2. The van der Waals surface area contributed by atoms with E-state index in [0.717, 1.165) is 28.1 Å². The molecule has 1 aromatic heterocycles. The van der Waals surface area contributed by atoms with Crippen molar-refractivity contribution in [1.29, 1.82) is 0 Å². The number of halogens is 3. The van der Waals surface area contributed by atoms with E-state index in [9.17, 15) is 18.0 Å². The van der Waals surface area contributed by atoms with E-state index in [1.54, 1.807) is 0 Å². The molecule has 0 saturated carbocycles. The molecule has 2 aromatic carbocycles. The summed E-state index contributed by atoms with van der Waals surface area (Å²) in [5, 5.41) is 14.2. The third-order valence-corrected chi connectivity index (χ3v) is 4.28. The molecule has 3 rings (SSSR count). The molecule has 0 unspecified atom stereocenters. The molecule has 146 valence electrons. The fraction of sp³-hybridized carbons (Fsp3) is 0.263. The van der Waals surface area contributed by atoms with Crippen molar-refractivity contribution in [3.05, 3.63) is 59.4 Å². The van der Waals surface area contributed by atoms with Crippen molar-refractivity contribution in [3.8, 4) is 11.4 Å². The molecule has 1 N–H and O–H groups in total. The van der Waals surface area contributed by atoms with Crippen LogP contribution in [0.5, 0.6) is 0 Å². The monoisotopic (exact) mass is 389 g/mol. The van der Waals surface area contributed by atoms with Gasteiger partial charge in [-0.15, -0.1) is 10.2 Å². The first-order valence-corrected chi connectivity index (χ1v) is 8.62. The summed E-state index contributed by atoms with van der Waals surface area (Å²) in [4.78, 5) is 13.4. The molecule has 1 heterocycles. The second-order valence-corrected chi connectivity index (χ2v) is 6.60. The van der Waals surface area contributed by atoms with Gasteiger partial charge in [0.25, 0.3) is 5.91 Å². The van der Waals surface area contributed by atoms with Gasteiger partial charge in [-0.3, -0.25) is 4.79 Å². The number of rotatable bonds is 5. The Hall–Kier alpha value is -3.23. The van der Waals surface area contributed by atoms with Crippen molar-refractivity contribution in [1.82, 2.24) is 20.2 Å². The predicted octanol–water partition coefficient (Wildman–Crippen LogP) is 4.08. The molecule has 1 atom stereocenters. The van der Waals surface area contributed by atoms with Crippen LogP contribution in [0.3, 0.4) is 0 Å². The van der Waals surface area contributed by atoms with Crippen LogP contribution in [0.25, 0.3) is 11.4 Å². The molecule has 0 fully saturated rings. The minimum Gasteiger partial charge on any atom is -0.322 e. The standard InChI is InChI=1S/C19H18F3N5O/c1-10(2)12-4-6-13(7-5-12)18-24-26-27(25-18)11(3)19(28)23-15-9-8-14(20)16(21)17(15)22/h4-11H,1-3H3,(H,23,28)/t11-/m0/s1. The number of nitrogens with one attached hydrogen (secondary N) is 1. The summed E-state index contributed by atoms with van der Waals surface area (Å²) in [7, 11) is 0. The Morgan fingerprint density at radius 3 is 2.32 bits per heavy atom. The molecule has 3 aromatic rings. The Balaban J connectivity index is 1.75. The molecular weight excluding hydrogens is 371 g/mol. The van der Waals surface area contributed by atoms with Gasteiger partial charge in [0.2, 0.25) is 5.82 Å². The lowest BCUT2D eigenvalue weighted by Gasteiger charge is -2.11. The van der Waals surface area contributed by atoms with Crippen molar-refractivity contribution in [3.63, 3.8) is 0 Å². The maximum Gasteiger partial charge on any atom is 0.250 e. The fourth-order valence-corrected chi connectivity index (χ4v) is 2.49. The van der Waals surface area contributed by atoms with E-state index in [4.69, 9.17) is 0 Å². The van der Waals surface area contributed by atoms with Gasteiger partial charge in [0, 0.05) is 5.56 Å². The zero-order valence-electron chi connectivity index (χ0n) is 15.4. The van der Waals surface area contributed by atoms with Gasteiger partial charge in [-0.25, -0.2) is 13.2 Å². The Bertz CT molecular complexity index is 1000. The zero-order chi connectivity index (χ0) is 20.4. The molecular formula is C19H18F3N5O. The van der Waals surface area contributed by atoms with E-state index in [-0.39, 0.29) is 0 Å². The number of carbonyl (C=O) groups is 1. The van der Waals surface area contributed by atoms with Crippen LogP contribution in [0.4, 0.5) is 18.9 Å². The van der Waals surface area contributed by atoms with Crippen LogP contribution in [0, 0.1) is 17.5 Å². The maximum absolute atomic E-state index is 13.7. The summed E-state index contributed by atoms with van der Waals surface area (Å²) in [5.41, 5.74) is 1.42. The molecule has 0 aliphatic rings. The van der Waals surface area contributed by atoms with Crippen LogP contribution in [0.1, 0.15) is 38.3 Å². The second kappa shape index (κ2) is 7.79. The predicted molar refractivity (Wildman–Crippen MR) is 97.0 cm³/mol. The second-order valence-electron chi connectivity index (χ2n) is 6.60. The average molecular weight is 389 g/mol. The first-order chi connectivity index (χ1) is 13.3. The summed E-state index contributed by atoms with van der Waals surface area (Å²) in [6.07, 6.45) is 0. The minimum absolute atomic E-state index is 0.328. The molecule has 0 radical (unpaired) electrons. The van der Waals surface area contributed by atoms with Gasteiger partial charge in [0.15, 0.2) is 17.5 Å². The Kier molecular flexibility index (Phi) is 5.43. The van der Waals surface area contributed by atoms with E-state index >= 15 is 0 Å². The number of aromatic nitrogens is 4. The minimum atomic E-state index is -1.66. The summed E-state index contributed by atoms with van der Waals surface area (Å²) >= 11 is 0. The van der Waals surface area contributed by atoms with Gasteiger partial charge in [-0.1, -0.05) is 38.1 Å². The Morgan fingerprint density at radius 2 is 1.68 bits per heavy atom. The molecule has 1 amide bonds. The highest BCUT2D eigenvalue weighted by Crippen LogP contribution is 2.22. The Morgan fingerprint density at radius 1 is 1.00 bits per heavy atom.